The molecular weight excluding hydrogens is 523 g/mol. The van der Waals surface area contributed by atoms with E-state index in [0.29, 0.717) is 31.4 Å². The van der Waals surface area contributed by atoms with Crippen molar-refractivity contribution in [2.45, 2.75) is 13.0 Å². The van der Waals surface area contributed by atoms with Crippen molar-refractivity contribution >= 4 is 58.0 Å². The van der Waals surface area contributed by atoms with Crippen LogP contribution in [0, 0.1) is 0 Å². The van der Waals surface area contributed by atoms with Crippen molar-refractivity contribution < 1.29 is 14.3 Å². The van der Waals surface area contributed by atoms with Crippen LogP contribution in [0.5, 0.6) is 11.5 Å². The molecule has 0 saturated heterocycles. The molecule has 0 atom stereocenters. The quantitative estimate of drug-likeness (QED) is 0.156. The average molecular weight is 544 g/mol. The van der Waals surface area contributed by atoms with Crippen molar-refractivity contribution in [2.75, 3.05) is 7.11 Å². The number of rotatable bonds is 9. The van der Waals surface area contributed by atoms with E-state index in [-0.39, 0.29) is 12.4 Å². The lowest BCUT2D eigenvalue weighted by Gasteiger charge is -2.13. The highest BCUT2D eigenvalue weighted by Gasteiger charge is 2.12. The number of methoxy groups -OCH3 is 1. The minimum absolute atomic E-state index is 0.0392. The highest BCUT2D eigenvalue weighted by Crippen LogP contribution is 2.37. The molecule has 3 nitrogen and oxygen atoms in total. The van der Waals surface area contributed by atoms with Crippen LogP contribution < -0.4 is 9.47 Å². The van der Waals surface area contributed by atoms with Gasteiger partial charge in [-0.25, -0.2) is 0 Å². The molecule has 0 amide bonds. The Bertz CT molecular complexity index is 1340. The molecule has 0 aliphatic heterocycles. The van der Waals surface area contributed by atoms with Crippen LogP contribution in [0.25, 0.3) is 6.08 Å². The van der Waals surface area contributed by atoms with E-state index in [4.69, 9.17) is 44.3 Å². The Morgan fingerprint density at radius 1 is 0.943 bits per heavy atom. The molecule has 0 N–H and O–H groups in total. The second-order valence-corrected chi connectivity index (χ2v) is 10.1. The second-order valence-electron chi connectivity index (χ2n) is 7.68. The molecule has 4 aromatic rings. The van der Waals surface area contributed by atoms with Gasteiger partial charge in [-0.3, -0.25) is 4.79 Å². The van der Waals surface area contributed by atoms with Crippen LogP contribution in [0.1, 0.15) is 31.2 Å². The van der Waals surface area contributed by atoms with Crippen LogP contribution in [-0.4, -0.2) is 12.9 Å². The maximum absolute atomic E-state index is 12.7. The number of ether oxygens (including phenoxy) is 2. The SMILES string of the molecule is COc1ccc(/C=C/C(=O)c2ccc(Cc3ccccc3)s2)cc1COc1c(Cl)cc(Cl)cc1Cl. The van der Waals surface area contributed by atoms with Gasteiger partial charge in [0, 0.05) is 21.9 Å². The van der Waals surface area contributed by atoms with Gasteiger partial charge < -0.3 is 9.47 Å². The lowest BCUT2D eigenvalue weighted by Crippen LogP contribution is -2.00. The Balaban J connectivity index is 1.45. The fourth-order valence-electron chi connectivity index (χ4n) is 3.49. The summed E-state index contributed by atoms with van der Waals surface area (Å²) in [5, 5.41) is 1.08. The van der Waals surface area contributed by atoms with Gasteiger partial charge in [-0.15, -0.1) is 11.3 Å². The topological polar surface area (TPSA) is 35.5 Å². The molecule has 0 aliphatic rings. The molecule has 1 aromatic heterocycles. The first-order chi connectivity index (χ1) is 16.9. The Labute approximate surface area is 223 Å². The van der Waals surface area contributed by atoms with E-state index in [1.807, 2.05) is 48.5 Å². The zero-order chi connectivity index (χ0) is 24.8. The van der Waals surface area contributed by atoms with E-state index in [2.05, 4.69) is 12.1 Å². The summed E-state index contributed by atoms with van der Waals surface area (Å²) in [7, 11) is 1.59. The fraction of sp³-hybridized carbons (Fsp3) is 0.107. The third-order valence-corrected chi connectivity index (χ3v) is 7.07. The molecule has 4 rings (SSSR count). The van der Waals surface area contributed by atoms with E-state index in [9.17, 15) is 4.79 Å². The van der Waals surface area contributed by atoms with E-state index in [1.165, 1.54) is 16.9 Å². The van der Waals surface area contributed by atoms with Gasteiger partial charge in [-0.1, -0.05) is 77.3 Å². The lowest BCUT2D eigenvalue weighted by molar-refractivity contribution is 0.105. The summed E-state index contributed by atoms with van der Waals surface area (Å²) in [6.07, 6.45) is 4.17. The van der Waals surface area contributed by atoms with Crippen LogP contribution in [-0.2, 0) is 13.0 Å². The second kappa shape index (κ2) is 11.8. The highest BCUT2D eigenvalue weighted by atomic mass is 35.5. The normalized spacial score (nSPS) is 11.1. The average Bonchev–Trinajstić information content (AvgIpc) is 3.31. The molecule has 0 spiro atoms. The van der Waals surface area contributed by atoms with E-state index in [1.54, 1.807) is 31.4 Å². The Morgan fingerprint density at radius 3 is 2.40 bits per heavy atom. The molecular formula is C28H21Cl3O3S. The van der Waals surface area contributed by atoms with Crippen LogP contribution in [0.3, 0.4) is 0 Å². The van der Waals surface area contributed by atoms with Gasteiger partial charge >= 0.3 is 0 Å². The minimum Gasteiger partial charge on any atom is -0.496 e. The molecule has 0 saturated carbocycles. The van der Waals surface area contributed by atoms with Crippen molar-refractivity contribution in [1.82, 2.24) is 0 Å². The number of carbonyl (C=O) groups is 1. The molecule has 7 heteroatoms. The number of hydrogen-bond donors (Lipinski definition) is 0. The van der Waals surface area contributed by atoms with E-state index in [0.717, 1.165) is 22.4 Å². The third kappa shape index (κ3) is 6.68. The van der Waals surface area contributed by atoms with Crippen molar-refractivity contribution in [3.8, 4) is 11.5 Å². The van der Waals surface area contributed by atoms with Gasteiger partial charge in [0.1, 0.15) is 12.4 Å². The summed E-state index contributed by atoms with van der Waals surface area (Å²) in [6.45, 7) is 0.174. The van der Waals surface area contributed by atoms with Crippen LogP contribution in [0.15, 0.2) is 78.9 Å². The standard InChI is InChI=1S/C28H21Cl3O3S/c1-33-26-11-8-19(13-20(26)17-34-28-23(30)15-21(29)16-24(28)31)7-10-25(32)27-12-9-22(35-27)14-18-5-3-2-4-6-18/h2-13,15-16H,14,17H2,1H3/b10-7+. The summed E-state index contributed by atoms with van der Waals surface area (Å²) < 4.78 is 11.3. The smallest absolute Gasteiger partial charge is 0.195 e. The van der Waals surface area contributed by atoms with Crippen molar-refractivity contribution in [1.29, 1.82) is 0 Å². The first-order valence-corrected chi connectivity index (χ1v) is 12.7. The van der Waals surface area contributed by atoms with Gasteiger partial charge in [0.2, 0.25) is 0 Å². The van der Waals surface area contributed by atoms with Gasteiger partial charge in [-0.05, 0) is 53.6 Å². The third-order valence-electron chi connectivity index (χ3n) is 5.19. The maximum Gasteiger partial charge on any atom is 0.195 e. The molecule has 0 aliphatic carbocycles. The molecule has 0 unspecified atom stereocenters. The molecule has 0 radical (unpaired) electrons. The van der Waals surface area contributed by atoms with Gasteiger partial charge in [0.15, 0.2) is 11.5 Å². The first kappa shape index (κ1) is 25.3. The van der Waals surface area contributed by atoms with Gasteiger partial charge in [0.05, 0.1) is 22.0 Å². The molecule has 3 aromatic carbocycles. The number of allylic oxidation sites excluding steroid dienone is 1. The number of hydrogen-bond acceptors (Lipinski definition) is 4. The van der Waals surface area contributed by atoms with Crippen molar-refractivity contribution in [2.24, 2.45) is 0 Å². The predicted octanol–water partition coefficient (Wildman–Crippen LogP) is 8.78. The largest absolute Gasteiger partial charge is 0.496 e. The Hall–Kier alpha value is -2.76. The number of thiophene rings is 1. The van der Waals surface area contributed by atoms with Crippen molar-refractivity contribution in [3.63, 3.8) is 0 Å². The van der Waals surface area contributed by atoms with Crippen LogP contribution in [0.4, 0.5) is 0 Å². The first-order valence-electron chi connectivity index (χ1n) is 10.7. The minimum atomic E-state index is -0.0392. The van der Waals surface area contributed by atoms with E-state index < -0.39 is 0 Å². The van der Waals surface area contributed by atoms with Crippen molar-refractivity contribution in [3.05, 3.63) is 120 Å². The number of halogens is 3. The summed E-state index contributed by atoms with van der Waals surface area (Å²) in [5.41, 5.74) is 2.84. The Morgan fingerprint density at radius 2 is 1.69 bits per heavy atom. The zero-order valence-corrected chi connectivity index (χ0v) is 21.8. The number of carbonyl (C=O) groups excluding carboxylic acids is 1. The monoisotopic (exact) mass is 542 g/mol. The molecule has 178 valence electrons. The zero-order valence-electron chi connectivity index (χ0n) is 18.8. The van der Waals surface area contributed by atoms with Crippen LogP contribution in [0.2, 0.25) is 15.1 Å². The number of benzene rings is 3. The fourth-order valence-corrected chi connectivity index (χ4v) is 5.38. The predicted molar refractivity (Wildman–Crippen MR) is 146 cm³/mol. The summed E-state index contributed by atoms with van der Waals surface area (Å²) in [6, 6.07) is 22.8. The highest BCUT2D eigenvalue weighted by molar-refractivity contribution is 7.14. The van der Waals surface area contributed by atoms with E-state index >= 15 is 0 Å². The van der Waals surface area contributed by atoms with Gasteiger partial charge in [-0.2, -0.15) is 0 Å². The molecule has 1 heterocycles. The van der Waals surface area contributed by atoms with Crippen LogP contribution >= 0.6 is 46.1 Å². The lowest BCUT2D eigenvalue weighted by atomic mass is 10.1. The summed E-state index contributed by atoms with van der Waals surface area (Å²) >= 11 is 19.9. The number of ketones is 1. The maximum atomic E-state index is 12.7. The summed E-state index contributed by atoms with van der Waals surface area (Å²) in [5.74, 6) is 0.959. The summed E-state index contributed by atoms with van der Waals surface area (Å²) in [4.78, 5) is 14.6. The Kier molecular flexibility index (Phi) is 8.53. The molecule has 0 fully saturated rings. The molecule has 0 bridgehead atoms. The molecule has 35 heavy (non-hydrogen) atoms. The van der Waals surface area contributed by atoms with Gasteiger partial charge in [0.25, 0.3) is 0 Å².